The van der Waals surface area contributed by atoms with Crippen LogP contribution in [0.25, 0.3) is 0 Å². The summed E-state index contributed by atoms with van der Waals surface area (Å²) in [6.07, 6.45) is 3.17. The number of nitrogens with one attached hydrogen (secondary N) is 1. The normalized spacial score (nSPS) is 29.0. The van der Waals surface area contributed by atoms with Crippen molar-refractivity contribution in [2.75, 3.05) is 11.9 Å². The fraction of sp³-hybridized carbons (Fsp3) is 0.538. The predicted molar refractivity (Wildman–Crippen MR) is 66.3 cm³/mol. The predicted octanol–water partition coefficient (Wildman–Crippen LogP) is 1.87. The molecule has 0 spiro atoms. The Labute approximate surface area is 101 Å². The molecule has 0 unspecified atom stereocenters. The fourth-order valence-corrected chi connectivity index (χ4v) is 2.19. The molecule has 94 valence electrons. The molecular weight excluding hydrogens is 219 g/mol. The Hall–Kier alpha value is -1.13. The highest BCUT2D eigenvalue weighted by Crippen LogP contribution is 2.27. The van der Waals surface area contributed by atoms with E-state index in [0.29, 0.717) is 6.54 Å². The molecule has 1 fully saturated rings. The zero-order valence-corrected chi connectivity index (χ0v) is 9.82. The third-order valence-electron chi connectivity index (χ3n) is 3.43. The minimum Gasteiger partial charge on any atom is -0.388 e. The fourth-order valence-electron chi connectivity index (χ4n) is 2.19. The van der Waals surface area contributed by atoms with E-state index in [9.17, 15) is 9.50 Å². The summed E-state index contributed by atoms with van der Waals surface area (Å²) < 4.78 is 12.7. The molecule has 0 saturated heterocycles. The number of rotatable bonds is 3. The van der Waals surface area contributed by atoms with Crippen LogP contribution in [0.3, 0.4) is 0 Å². The van der Waals surface area contributed by atoms with E-state index in [2.05, 4.69) is 5.32 Å². The highest BCUT2D eigenvalue weighted by molar-refractivity contribution is 5.43. The van der Waals surface area contributed by atoms with E-state index in [0.717, 1.165) is 31.4 Å². The van der Waals surface area contributed by atoms with E-state index in [1.807, 2.05) is 0 Å². The quantitative estimate of drug-likeness (QED) is 0.753. The maximum atomic E-state index is 12.7. The summed E-state index contributed by atoms with van der Waals surface area (Å²) in [5, 5.41) is 13.5. The van der Waals surface area contributed by atoms with Crippen molar-refractivity contribution in [3.05, 3.63) is 30.1 Å². The van der Waals surface area contributed by atoms with Crippen LogP contribution in [0.2, 0.25) is 0 Å². The van der Waals surface area contributed by atoms with Gasteiger partial charge in [0, 0.05) is 18.3 Å². The van der Waals surface area contributed by atoms with Crippen molar-refractivity contribution in [3.63, 3.8) is 0 Å². The van der Waals surface area contributed by atoms with Crippen LogP contribution in [0.1, 0.15) is 25.7 Å². The van der Waals surface area contributed by atoms with Gasteiger partial charge in [-0.15, -0.1) is 0 Å². The van der Waals surface area contributed by atoms with Gasteiger partial charge in [0.15, 0.2) is 0 Å². The second-order valence-corrected chi connectivity index (χ2v) is 4.92. The van der Waals surface area contributed by atoms with Crippen molar-refractivity contribution in [2.45, 2.75) is 37.3 Å². The molecule has 4 N–H and O–H groups in total. The molecule has 0 bridgehead atoms. The van der Waals surface area contributed by atoms with Gasteiger partial charge in [-0.1, -0.05) is 0 Å². The number of anilines is 1. The molecule has 0 atom stereocenters. The van der Waals surface area contributed by atoms with E-state index >= 15 is 0 Å². The van der Waals surface area contributed by atoms with Gasteiger partial charge in [0.1, 0.15) is 5.82 Å². The molecule has 1 saturated carbocycles. The first-order valence-corrected chi connectivity index (χ1v) is 6.05. The molecule has 3 nitrogen and oxygen atoms in total. The standard InChI is InChI=1S/C13H19FN2O/c14-10-1-3-12(4-2-10)16-9-13(17)7-5-11(15)6-8-13/h1-4,11,16-17H,5-9,15H2. The van der Waals surface area contributed by atoms with Crippen molar-refractivity contribution in [1.29, 1.82) is 0 Å². The van der Waals surface area contributed by atoms with E-state index in [-0.39, 0.29) is 11.9 Å². The van der Waals surface area contributed by atoms with Crippen molar-refractivity contribution in [2.24, 2.45) is 5.73 Å². The smallest absolute Gasteiger partial charge is 0.123 e. The molecule has 4 heteroatoms. The van der Waals surface area contributed by atoms with Crippen LogP contribution < -0.4 is 11.1 Å². The van der Waals surface area contributed by atoms with Crippen LogP contribution in [0.4, 0.5) is 10.1 Å². The molecule has 0 aliphatic heterocycles. The number of benzene rings is 1. The summed E-state index contributed by atoms with van der Waals surface area (Å²) in [6.45, 7) is 0.491. The van der Waals surface area contributed by atoms with E-state index in [4.69, 9.17) is 5.73 Å². The molecule has 0 heterocycles. The Morgan fingerprint density at radius 3 is 2.47 bits per heavy atom. The Bertz CT molecular complexity index is 358. The first-order valence-electron chi connectivity index (χ1n) is 6.05. The Balaban J connectivity index is 1.87. The third kappa shape index (κ3) is 3.41. The summed E-state index contributed by atoms with van der Waals surface area (Å²) >= 11 is 0. The van der Waals surface area contributed by atoms with Gasteiger partial charge in [0.05, 0.1) is 5.60 Å². The van der Waals surface area contributed by atoms with Gasteiger partial charge >= 0.3 is 0 Å². The molecular formula is C13H19FN2O. The van der Waals surface area contributed by atoms with Crippen LogP contribution in [-0.2, 0) is 0 Å². The molecule has 0 radical (unpaired) electrons. The summed E-state index contributed by atoms with van der Waals surface area (Å²) in [4.78, 5) is 0. The van der Waals surface area contributed by atoms with Gasteiger partial charge in [-0.2, -0.15) is 0 Å². The maximum absolute atomic E-state index is 12.7. The molecule has 0 amide bonds. The molecule has 17 heavy (non-hydrogen) atoms. The van der Waals surface area contributed by atoms with Gasteiger partial charge < -0.3 is 16.2 Å². The summed E-state index contributed by atoms with van der Waals surface area (Å²) in [7, 11) is 0. The van der Waals surface area contributed by atoms with Crippen molar-refractivity contribution >= 4 is 5.69 Å². The van der Waals surface area contributed by atoms with Crippen LogP contribution in [0.15, 0.2) is 24.3 Å². The highest BCUT2D eigenvalue weighted by atomic mass is 19.1. The van der Waals surface area contributed by atoms with Gasteiger partial charge in [-0.25, -0.2) is 4.39 Å². The Morgan fingerprint density at radius 1 is 1.29 bits per heavy atom. The lowest BCUT2D eigenvalue weighted by Gasteiger charge is -2.35. The zero-order chi connectivity index (χ0) is 12.3. The second kappa shape index (κ2) is 5.02. The van der Waals surface area contributed by atoms with Gasteiger partial charge in [-0.3, -0.25) is 0 Å². The number of nitrogens with two attached hydrogens (primary N) is 1. The Morgan fingerprint density at radius 2 is 1.88 bits per heavy atom. The molecule has 1 aliphatic carbocycles. The molecule has 1 aliphatic rings. The third-order valence-corrected chi connectivity index (χ3v) is 3.43. The number of halogens is 1. The monoisotopic (exact) mass is 238 g/mol. The van der Waals surface area contributed by atoms with E-state index < -0.39 is 5.60 Å². The van der Waals surface area contributed by atoms with Crippen LogP contribution >= 0.6 is 0 Å². The Kier molecular flexibility index (Phi) is 3.64. The van der Waals surface area contributed by atoms with E-state index in [1.165, 1.54) is 12.1 Å². The number of hydrogen-bond donors (Lipinski definition) is 3. The van der Waals surface area contributed by atoms with Crippen LogP contribution in [0.5, 0.6) is 0 Å². The largest absolute Gasteiger partial charge is 0.388 e. The zero-order valence-electron chi connectivity index (χ0n) is 9.82. The summed E-state index contributed by atoms with van der Waals surface area (Å²) in [5.74, 6) is -0.252. The maximum Gasteiger partial charge on any atom is 0.123 e. The summed E-state index contributed by atoms with van der Waals surface area (Å²) in [6, 6.07) is 6.38. The van der Waals surface area contributed by atoms with Gasteiger partial charge in [-0.05, 0) is 49.9 Å². The van der Waals surface area contributed by atoms with E-state index in [1.54, 1.807) is 12.1 Å². The van der Waals surface area contributed by atoms with Crippen molar-refractivity contribution < 1.29 is 9.50 Å². The molecule has 0 aromatic heterocycles. The lowest BCUT2D eigenvalue weighted by Crippen LogP contribution is -2.43. The topological polar surface area (TPSA) is 58.3 Å². The van der Waals surface area contributed by atoms with Gasteiger partial charge in [0.25, 0.3) is 0 Å². The van der Waals surface area contributed by atoms with Crippen molar-refractivity contribution in [3.8, 4) is 0 Å². The first kappa shape index (κ1) is 12.3. The van der Waals surface area contributed by atoms with Crippen LogP contribution in [0, 0.1) is 5.82 Å². The number of hydrogen-bond acceptors (Lipinski definition) is 3. The molecule has 1 aromatic carbocycles. The lowest BCUT2D eigenvalue weighted by molar-refractivity contribution is 0.0122. The minimum absolute atomic E-state index is 0.223. The second-order valence-electron chi connectivity index (χ2n) is 4.92. The highest BCUT2D eigenvalue weighted by Gasteiger charge is 2.31. The lowest BCUT2D eigenvalue weighted by atomic mass is 9.82. The van der Waals surface area contributed by atoms with Crippen molar-refractivity contribution in [1.82, 2.24) is 0 Å². The SMILES string of the molecule is NC1CCC(O)(CNc2ccc(F)cc2)CC1. The van der Waals surface area contributed by atoms with Crippen LogP contribution in [-0.4, -0.2) is 23.3 Å². The summed E-state index contributed by atoms with van der Waals surface area (Å²) in [5.41, 5.74) is 5.96. The average Bonchev–Trinajstić information content (AvgIpc) is 2.33. The van der Waals surface area contributed by atoms with Gasteiger partial charge in [0.2, 0.25) is 0 Å². The average molecular weight is 238 g/mol. The molecule has 2 rings (SSSR count). The minimum atomic E-state index is -0.676. The molecule has 1 aromatic rings. The number of aliphatic hydroxyl groups is 1. The first-order chi connectivity index (χ1) is 8.07.